The summed E-state index contributed by atoms with van der Waals surface area (Å²) in [6.07, 6.45) is -4.39. The van der Waals surface area contributed by atoms with Crippen molar-refractivity contribution in [2.75, 3.05) is 5.88 Å². The van der Waals surface area contributed by atoms with Crippen molar-refractivity contribution >= 4 is 34.8 Å². The lowest BCUT2D eigenvalue weighted by Gasteiger charge is -2.17. The number of halogens is 6. The fourth-order valence-corrected chi connectivity index (χ4v) is 1.18. The quantitative estimate of drug-likeness (QED) is 0.651. The van der Waals surface area contributed by atoms with Crippen LogP contribution < -0.4 is 0 Å². The van der Waals surface area contributed by atoms with E-state index in [9.17, 15) is 13.2 Å². The van der Waals surface area contributed by atoms with Gasteiger partial charge in [0.15, 0.2) is 0 Å². The van der Waals surface area contributed by atoms with Gasteiger partial charge in [0.1, 0.15) is 5.38 Å². The molecular weight excluding hydrogens is 223 g/mol. The highest BCUT2D eigenvalue weighted by molar-refractivity contribution is 6.30. The molecule has 0 bridgehead atoms. The lowest BCUT2D eigenvalue weighted by molar-refractivity contribution is -0.130. The summed E-state index contributed by atoms with van der Waals surface area (Å²) in [4.78, 5) is 0. The second-order valence-electron chi connectivity index (χ2n) is 1.94. The van der Waals surface area contributed by atoms with Crippen molar-refractivity contribution in [2.24, 2.45) is 0 Å². The normalized spacial score (nSPS) is 18.0. The van der Waals surface area contributed by atoms with E-state index < -0.39 is 16.9 Å². The minimum absolute atomic E-state index is 0.0524. The van der Waals surface area contributed by atoms with Crippen molar-refractivity contribution in [1.82, 2.24) is 0 Å². The molecular formula is C5H6Cl3F3. The van der Waals surface area contributed by atoms with Crippen LogP contribution in [0.2, 0.25) is 0 Å². The van der Waals surface area contributed by atoms with Gasteiger partial charge in [-0.25, -0.2) is 0 Å². The minimum atomic E-state index is -4.44. The van der Waals surface area contributed by atoms with E-state index in [-0.39, 0.29) is 12.3 Å². The molecule has 0 saturated carbocycles. The highest BCUT2D eigenvalue weighted by Gasteiger charge is 2.42. The van der Waals surface area contributed by atoms with Crippen LogP contribution >= 0.6 is 34.8 Å². The van der Waals surface area contributed by atoms with Crippen molar-refractivity contribution in [1.29, 1.82) is 0 Å². The van der Waals surface area contributed by atoms with E-state index in [0.717, 1.165) is 0 Å². The summed E-state index contributed by atoms with van der Waals surface area (Å²) < 4.78 is 35.3. The van der Waals surface area contributed by atoms with Gasteiger partial charge in [0, 0.05) is 5.88 Å². The summed E-state index contributed by atoms with van der Waals surface area (Å²) in [5, 5.41) is -3.16. The van der Waals surface area contributed by atoms with Crippen LogP contribution in [0, 0.1) is 0 Å². The third kappa shape index (κ3) is 4.28. The van der Waals surface area contributed by atoms with Crippen LogP contribution in [0.4, 0.5) is 13.2 Å². The predicted molar refractivity (Wildman–Crippen MR) is 40.7 cm³/mol. The average molecular weight is 229 g/mol. The lowest BCUT2D eigenvalue weighted by Crippen LogP contribution is -2.32. The Labute approximate surface area is 77.6 Å². The van der Waals surface area contributed by atoms with Crippen molar-refractivity contribution in [2.45, 2.75) is 23.4 Å². The van der Waals surface area contributed by atoms with Crippen LogP contribution in [0.15, 0.2) is 0 Å². The van der Waals surface area contributed by atoms with Crippen molar-refractivity contribution in [3.05, 3.63) is 0 Å². The Balaban J connectivity index is 3.91. The van der Waals surface area contributed by atoms with Gasteiger partial charge in [-0.2, -0.15) is 13.2 Å². The molecule has 0 nitrogen and oxygen atoms in total. The van der Waals surface area contributed by atoms with Crippen LogP contribution in [0.5, 0.6) is 0 Å². The SMILES string of the molecule is FC(F)(F)C(Cl)C(Cl)CCCl. The molecule has 68 valence electrons. The van der Waals surface area contributed by atoms with Gasteiger partial charge in [0.05, 0.1) is 5.38 Å². The van der Waals surface area contributed by atoms with Gasteiger partial charge in [-0.3, -0.25) is 0 Å². The monoisotopic (exact) mass is 228 g/mol. The predicted octanol–water partition coefficient (Wildman–Crippen LogP) is 3.39. The molecule has 0 aliphatic rings. The molecule has 0 heterocycles. The van der Waals surface area contributed by atoms with E-state index in [1.807, 2.05) is 0 Å². The fourth-order valence-electron chi connectivity index (χ4n) is 0.456. The molecule has 0 aromatic carbocycles. The highest BCUT2D eigenvalue weighted by atomic mass is 35.5. The minimum Gasteiger partial charge on any atom is -0.169 e. The zero-order chi connectivity index (χ0) is 9.07. The highest BCUT2D eigenvalue weighted by Crippen LogP contribution is 2.31. The first-order valence-electron chi connectivity index (χ1n) is 2.80. The molecule has 11 heavy (non-hydrogen) atoms. The summed E-state index contributed by atoms with van der Waals surface area (Å²) >= 11 is 15.4. The first kappa shape index (κ1) is 11.7. The summed E-state index contributed by atoms with van der Waals surface area (Å²) in [6, 6.07) is 0. The number of alkyl halides is 6. The van der Waals surface area contributed by atoms with Gasteiger partial charge < -0.3 is 0 Å². The molecule has 2 atom stereocenters. The topological polar surface area (TPSA) is 0 Å². The Morgan fingerprint density at radius 3 is 1.91 bits per heavy atom. The molecule has 0 aromatic rings. The van der Waals surface area contributed by atoms with Gasteiger partial charge in [-0.15, -0.1) is 34.8 Å². The maximum absolute atomic E-state index is 11.8. The molecule has 0 amide bonds. The summed E-state index contributed by atoms with van der Waals surface area (Å²) in [5.74, 6) is 0.0769. The average Bonchev–Trinajstić information content (AvgIpc) is 1.85. The van der Waals surface area contributed by atoms with Crippen molar-refractivity contribution in [3.8, 4) is 0 Å². The Bertz CT molecular complexity index is 114. The molecule has 0 fully saturated rings. The van der Waals surface area contributed by atoms with Crippen LogP contribution in [-0.4, -0.2) is 22.8 Å². The summed E-state index contributed by atoms with van der Waals surface area (Å²) in [7, 11) is 0. The molecule has 0 saturated heterocycles. The van der Waals surface area contributed by atoms with E-state index in [2.05, 4.69) is 0 Å². The fraction of sp³-hybridized carbons (Fsp3) is 1.00. The first-order chi connectivity index (χ1) is 4.89. The second kappa shape index (κ2) is 4.63. The second-order valence-corrected chi connectivity index (χ2v) is 3.35. The van der Waals surface area contributed by atoms with E-state index in [4.69, 9.17) is 34.8 Å². The molecule has 0 rings (SSSR count). The number of hydrogen-bond donors (Lipinski definition) is 0. The summed E-state index contributed by atoms with van der Waals surface area (Å²) in [6.45, 7) is 0. The maximum atomic E-state index is 11.8. The molecule has 6 heteroatoms. The van der Waals surface area contributed by atoms with Crippen LogP contribution in [0.1, 0.15) is 6.42 Å². The van der Waals surface area contributed by atoms with Crippen LogP contribution in [0.25, 0.3) is 0 Å². The molecule has 2 unspecified atom stereocenters. The third-order valence-corrected chi connectivity index (χ3v) is 2.38. The largest absolute Gasteiger partial charge is 0.406 e. The smallest absolute Gasteiger partial charge is 0.169 e. The zero-order valence-electron chi connectivity index (χ0n) is 5.34. The van der Waals surface area contributed by atoms with Crippen LogP contribution in [-0.2, 0) is 0 Å². The van der Waals surface area contributed by atoms with E-state index in [1.54, 1.807) is 0 Å². The molecule has 0 aliphatic carbocycles. The van der Waals surface area contributed by atoms with E-state index in [1.165, 1.54) is 0 Å². The molecule has 0 aliphatic heterocycles. The van der Waals surface area contributed by atoms with Gasteiger partial charge in [-0.1, -0.05) is 0 Å². The van der Waals surface area contributed by atoms with E-state index in [0.29, 0.717) is 0 Å². The van der Waals surface area contributed by atoms with Crippen molar-refractivity contribution < 1.29 is 13.2 Å². The first-order valence-corrected chi connectivity index (χ1v) is 4.21. The van der Waals surface area contributed by atoms with Crippen LogP contribution in [0.3, 0.4) is 0 Å². The Morgan fingerprint density at radius 1 is 1.18 bits per heavy atom. The molecule has 0 spiro atoms. The molecule has 0 radical (unpaired) electrons. The Kier molecular flexibility index (Phi) is 4.91. The van der Waals surface area contributed by atoms with E-state index >= 15 is 0 Å². The third-order valence-electron chi connectivity index (χ3n) is 1.02. The van der Waals surface area contributed by atoms with Gasteiger partial charge in [-0.05, 0) is 6.42 Å². The molecule has 0 aromatic heterocycles. The van der Waals surface area contributed by atoms with Gasteiger partial charge in [0.2, 0.25) is 0 Å². The summed E-state index contributed by atoms with van der Waals surface area (Å²) in [5.41, 5.74) is 0. The number of hydrogen-bond acceptors (Lipinski definition) is 0. The molecule has 0 N–H and O–H groups in total. The number of rotatable bonds is 3. The standard InChI is InChI=1S/C5H6Cl3F3/c6-2-1-3(7)4(8)5(9,10)11/h3-4H,1-2H2. The Hall–Kier alpha value is 0.660. The van der Waals surface area contributed by atoms with Crippen molar-refractivity contribution in [3.63, 3.8) is 0 Å². The maximum Gasteiger partial charge on any atom is 0.406 e. The van der Waals surface area contributed by atoms with Gasteiger partial charge in [0.25, 0.3) is 0 Å². The zero-order valence-corrected chi connectivity index (χ0v) is 7.60. The van der Waals surface area contributed by atoms with Gasteiger partial charge >= 0.3 is 6.18 Å². The lowest BCUT2D eigenvalue weighted by atomic mass is 10.2. The Morgan fingerprint density at radius 2 is 1.64 bits per heavy atom.